The van der Waals surface area contributed by atoms with E-state index in [1.54, 1.807) is 36.4 Å². The van der Waals surface area contributed by atoms with E-state index in [4.69, 9.17) is 4.74 Å². The summed E-state index contributed by atoms with van der Waals surface area (Å²) >= 11 is 0. The van der Waals surface area contributed by atoms with Gasteiger partial charge in [0.2, 0.25) is 0 Å². The monoisotopic (exact) mass is 439 g/mol. The van der Waals surface area contributed by atoms with Crippen LogP contribution in [-0.2, 0) is 17.8 Å². The maximum Gasteiger partial charge on any atom is 0.261 e. The van der Waals surface area contributed by atoms with E-state index in [0.29, 0.717) is 24.3 Å². The lowest BCUT2D eigenvalue weighted by Gasteiger charge is -2.08. The summed E-state index contributed by atoms with van der Waals surface area (Å²) in [5, 5.41) is 13.4. The average Bonchev–Trinajstić information content (AvgIpc) is 3.25. The molecule has 0 fully saturated rings. The Balaban J connectivity index is 1.36. The Labute approximate surface area is 191 Å². The van der Waals surface area contributed by atoms with Gasteiger partial charge in [0.1, 0.15) is 29.8 Å². The zero-order valence-corrected chi connectivity index (χ0v) is 17.8. The molecule has 3 aromatic carbocycles. The van der Waals surface area contributed by atoms with E-state index in [1.807, 2.05) is 36.5 Å². The molecule has 1 aromatic heterocycles. The third-order valence-electron chi connectivity index (χ3n) is 5.21. The zero-order valence-electron chi connectivity index (χ0n) is 17.8. The number of ether oxygens (including phenoxy) is 1. The van der Waals surface area contributed by atoms with Crippen LogP contribution >= 0.6 is 0 Å². The van der Waals surface area contributed by atoms with E-state index in [1.165, 1.54) is 18.2 Å². The molecule has 2 N–H and O–H groups in total. The number of nitriles is 1. The first kappa shape index (κ1) is 21.8. The number of carbonyl (C=O) groups excluding carboxylic acids is 1. The highest BCUT2D eigenvalue weighted by Gasteiger charge is 2.10. The Hall–Kier alpha value is -4.37. The predicted octanol–water partition coefficient (Wildman–Crippen LogP) is 5.15. The molecular weight excluding hydrogens is 417 g/mol. The van der Waals surface area contributed by atoms with Crippen LogP contribution in [0.5, 0.6) is 5.75 Å². The van der Waals surface area contributed by atoms with E-state index < -0.39 is 5.91 Å². The summed E-state index contributed by atoms with van der Waals surface area (Å²) in [6.07, 6.45) is 4.13. The Morgan fingerprint density at radius 2 is 1.91 bits per heavy atom. The molecule has 1 heterocycles. The van der Waals surface area contributed by atoms with Crippen molar-refractivity contribution in [3.63, 3.8) is 0 Å². The van der Waals surface area contributed by atoms with Crippen molar-refractivity contribution >= 4 is 22.9 Å². The van der Waals surface area contributed by atoms with Crippen LogP contribution in [0.3, 0.4) is 0 Å². The van der Waals surface area contributed by atoms with Crippen molar-refractivity contribution in [2.45, 2.75) is 13.0 Å². The van der Waals surface area contributed by atoms with Crippen molar-refractivity contribution in [2.75, 3.05) is 6.54 Å². The lowest BCUT2D eigenvalue weighted by Crippen LogP contribution is -2.26. The molecule has 0 aliphatic carbocycles. The number of rotatable bonds is 8. The molecule has 4 rings (SSSR count). The predicted molar refractivity (Wildman–Crippen MR) is 126 cm³/mol. The van der Waals surface area contributed by atoms with Crippen LogP contribution < -0.4 is 10.1 Å². The third kappa shape index (κ3) is 5.66. The normalized spacial score (nSPS) is 11.2. The largest absolute Gasteiger partial charge is 0.489 e. The van der Waals surface area contributed by atoms with Gasteiger partial charge in [-0.3, -0.25) is 4.79 Å². The Morgan fingerprint density at radius 3 is 2.73 bits per heavy atom. The second-order valence-corrected chi connectivity index (χ2v) is 7.52. The van der Waals surface area contributed by atoms with Crippen molar-refractivity contribution in [1.82, 2.24) is 10.3 Å². The zero-order chi connectivity index (χ0) is 23.0. The van der Waals surface area contributed by atoms with Gasteiger partial charge < -0.3 is 15.0 Å². The number of nitrogens with one attached hydrogen (secondary N) is 2. The van der Waals surface area contributed by atoms with Crippen molar-refractivity contribution in [2.24, 2.45) is 0 Å². The summed E-state index contributed by atoms with van der Waals surface area (Å²) < 4.78 is 18.8. The SMILES string of the molecule is N#C/C(=C/c1cccc(OCc2ccc(F)cc2)c1)C(=O)NCCc1c[nH]c2ccccc12. The number of aromatic amines is 1. The molecule has 33 heavy (non-hydrogen) atoms. The second-order valence-electron chi connectivity index (χ2n) is 7.52. The topological polar surface area (TPSA) is 77.9 Å². The number of hydrogen-bond acceptors (Lipinski definition) is 3. The number of carbonyl (C=O) groups is 1. The molecule has 1 amide bonds. The van der Waals surface area contributed by atoms with Crippen LogP contribution in [0.1, 0.15) is 16.7 Å². The van der Waals surface area contributed by atoms with Gasteiger partial charge in [0.05, 0.1) is 0 Å². The molecule has 0 radical (unpaired) electrons. The van der Waals surface area contributed by atoms with Crippen LogP contribution in [0, 0.1) is 17.1 Å². The molecular formula is C27H22FN3O2. The fourth-order valence-electron chi connectivity index (χ4n) is 3.50. The van der Waals surface area contributed by atoms with E-state index in [0.717, 1.165) is 22.0 Å². The van der Waals surface area contributed by atoms with Crippen LogP contribution in [0.2, 0.25) is 0 Å². The molecule has 0 aliphatic heterocycles. The highest BCUT2D eigenvalue weighted by Crippen LogP contribution is 2.19. The van der Waals surface area contributed by atoms with Crippen LogP contribution in [-0.4, -0.2) is 17.4 Å². The summed E-state index contributed by atoms with van der Waals surface area (Å²) in [5.74, 6) is -0.130. The Bertz CT molecular complexity index is 1330. The summed E-state index contributed by atoms with van der Waals surface area (Å²) in [4.78, 5) is 15.7. The Kier molecular flexibility index (Phi) is 6.81. The number of benzene rings is 3. The first-order valence-corrected chi connectivity index (χ1v) is 10.5. The molecule has 4 aromatic rings. The second kappa shape index (κ2) is 10.3. The van der Waals surface area contributed by atoms with E-state index >= 15 is 0 Å². The quantitative estimate of drug-likeness (QED) is 0.294. The van der Waals surface area contributed by atoms with Crippen molar-refractivity contribution in [3.05, 3.63) is 107 Å². The molecule has 0 aliphatic rings. The number of fused-ring (bicyclic) bond motifs is 1. The number of para-hydroxylation sites is 1. The number of hydrogen-bond donors (Lipinski definition) is 2. The smallest absolute Gasteiger partial charge is 0.261 e. The van der Waals surface area contributed by atoms with E-state index in [2.05, 4.69) is 10.3 Å². The molecule has 5 nitrogen and oxygen atoms in total. The van der Waals surface area contributed by atoms with Gasteiger partial charge in [-0.25, -0.2) is 4.39 Å². The van der Waals surface area contributed by atoms with Crippen LogP contribution in [0.15, 0.2) is 84.6 Å². The highest BCUT2D eigenvalue weighted by atomic mass is 19.1. The third-order valence-corrected chi connectivity index (χ3v) is 5.21. The van der Waals surface area contributed by atoms with Gasteiger partial charge in [-0.1, -0.05) is 42.5 Å². The van der Waals surface area contributed by atoms with E-state index in [-0.39, 0.29) is 18.0 Å². The molecule has 0 saturated heterocycles. The van der Waals surface area contributed by atoms with Crippen molar-refractivity contribution in [1.29, 1.82) is 5.26 Å². The number of H-pyrrole nitrogens is 1. The summed E-state index contributed by atoms with van der Waals surface area (Å²) in [7, 11) is 0. The number of amides is 1. The van der Waals surface area contributed by atoms with Gasteiger partial charge in [0.25, 0.3) is 5.91 Å². The minimum Gasteiger partial charge on any atom is -0.489 e. The molecule has 164 valence electrons. The van der Waals surface area contributed by atoms with Gasteiger partial charge in [0, 0.05) is 23.6 Å². The summed E-state index contributed by atoms with van der Waals surface area (Å²) in [6.45, 7) is 0.702. The summed E-state index contributed by atoms with van der Waals surface area (Å²) in [6, 6.07) is 23.2. The first-order valence-electron chi connectivity index (χ1n) is 10.5. The van der Waals surface area contributed by atoms with Gasteiger partial charge in [0.15, 0.2) is 0 Å². The van der Waals surface area contributed by atoms with Crippen molar-refractivity contribution in [3.8, 4) is 11.8 Å². The van der Waals surface area contributed by atoms with Crippen LogP contribution in [0.25, 0.3) is 17.0 Å². The molecule has 6 heteroatoms. The molecule has 0 unspecified atom stereocenters. The van der Waals surface area contributed by atoms with Gasteiger partial charge in [-0.2, -0.15) is 5.26 Å². The fourth-order valence-corrected chi connectivity index (χ4v) is 3.50. The standard InChI is InChI=1S/C27H22FN3O2/c28-23-10-8-19(9-11-23)18-33-24-5-3-4-20(15-24)14-22(16-29)27(32)30-13-12-21-17-31-26-7-2-1-6-25(21)26/h1-11,14-15,17,31H,12-13,18H2,(H,30,32)/b22-14-. The highest BCUT2D eigenvalue weighted by molar-refractivity contribution is 6.01. The van der Waals surface area contributed by atoms with Gasteiger partial charge >= 0.3 is 0 Å². The Morgan fingerprint density at radius 1 is 1.09 bits per heavy atom. The number of halogens is 1. The van der Waals surface area contributed by atoms with Crippen molar-refractivity contribution < 1.29 is 13.9 Å². The molecule has 0 spiro atoms. The van der Waals surface area contributed by atoms with E-state index in [9.17, 15) is 14.4 Å². The van der Waals surface area contributed by atoms with Gasteiger partial charge in [-0.15, -0.1) is 0 Å². The molecule has 0 atom stereocenters. The molecule has 0 bridgehead atoms. The molecule has 0 saturated carbocycles. The maximum absolute atomic E-state index is 13.0. The number of nitrogens with zero attached hydrogens (tertiary/aromatic N) is 1. The average molecular weight is 439 g/mol. The van der Waals surface area contributed by atoms with Crippen LogP contribution in [0.4, 0.5) is 4.39 Å². The minimum absolute atomic E-state index is 0.0182. The maximum atomic E-state index is 13.0. The lowest BCUT2D eigenvalue weighted by atomic mass is 10.1. The number of aromatic nitrogens is 1. The lowest BCUT2D eigenvalue weighted by molar-refractivity contribution is -0.117. The summed E-state index contributed by atoms with van der Waals surface area (Å²) in [5.41, 5.74) is 3.70. The minimum atomic E-state index is -0.421. The fraction of sp³-hybridized carbons (Fsp3) is 0.111. The first-order chi connectivity index (χ1) is 16.1. The van der Waals surface area contributed by atoms with Gasteiger partial charge in [-0.05, 0) is 59.5 Å².